The van der Waals surface area contributed by atoms with Crippen molar-refractivity contribution in [3.63, 3.8) is 0 Å². The second-order valence-corrected chi connectivity index (χ2v) is 10.6. The van der Waals surface area contributed by atoms with Gasteiger partial charge in [-0.05, 0) is 92.7 Å². The molecule has 35 heavy (non-hydrogen) atoms. The highest BCUT2D eigenvalue weighted by Gasteiger charge is 2.38. The van der Waals surface area contributed by atoms with Crippen LogP contribution in [0.1, 0.15) is 41.6 Å². The van der Waals surface area contributed by atoms with Crippen molar-refractivity contribution in [2.45, 2.75) is 32.2 Å². The summed E-state index contributed by atoms with van der Waals surface area (Å²) in [5.74, 6) is 1.75. The van der Waals surface area contributed by atoms with Gasteiger partial charge < -0.3 is 9.64 Å². The first-order valence-corrected chi connectivity index (χ1v) is 13.0. The topological polar surface area (TPSA) is 32.8 Å². The summed E-state index contributed by atoms with van der Waals surface area (Å²) in [6.07, 6.45) is 4.50. The number of rotatable bonds is 5. The van der Waals surface area contributed by atoms with E-state index in [9.17, 15) is 4.79 Å². The van der Waals surface area contributed by atoms with Gasteiger partial charge in [0.05, 0.1) is 0 Å². The summed E-state index contributed by atoms with van der Waals surface area (Å²) >= 11 is 12.1. The fraction of sp³-hybridized carbons (Fsp3) is 0.345. The molecule has 2 saturated heterocycles. The van der Waals surface area contributed by atoms with Gasteiger partial charge in [0.1, 0.15) is 11.5 Å². The molecule has 3 aromatic rings. The van der Waals surface area contributed by atoms with Crippen molar-refractivity contribution < 1.29 is 9.53 Å². The van der Waals surface area contributed by atoms with Crippen molar-refractivity contribution in [3.05, 3.63) is 94.0 Å². The van der Waals surface area contributed by atoms with Crippen LogP contribution in [0.4, 0.5) is 0 Å². The highest BCUT2D eigenvalue weighted by atomic mass is 35.5. The van der Waals surface area contributed by atoms with Crippen molar-refractivity contribution in [2.24, 2.45) is 5.41 Å². The largest absolute Gasteiger partial charge is 0.457 e. The number of para-hydroxylation sites is 1. The number of carbonyl (C=O) groups excluding carboxylic acids is 1. The Morgan fingerprint density at radius 3 is 2.20 bits per heavy atom. The lowest BCUT2D eigenvalue weighted by atomic mass is 9.71. The molecule has 0 radical (unpaired) electrons. The van der Waals surface area contributed by atoms with Crippen LogP contribution >= 0.6 is 23.2 Å². The van der Waals surface area contributed by atoms with Crippen molar-refractivity contribution in [3.8, 4) is 11.5 Å². The molecule has 2 aliphatic rings. The Morgan fingerprint density at radius 1 is 0.800 bits per heavy atom. The molecule has 0 saturated carbocycles. The lowest BCUT2D eigenvalue weighted by Crippen LogP contribution is -2.48. The van der Waals surface area contributed by atoms with Gasteiger partial charge in [-0.2, -0.15) is 0 Å². The minimum Gasteiger partial charge on any atom is -0.457 e. The van der Waals surface area contributed by atoms with Gasteiger partial charge >= 0.3 is 0 Å². The molecule has 1 spiro atoms. The Hall–Kier alpha value is -2.53. The van der Waals surface area contributed by atoms with Crippen molar-refractivity contribution in [1.82, 2.24) is 9.80 Å². The van der Waals surface area contributed by atoms with Gasteiger partial charge in [-0.15, -0.1) is 0 Å². The van der Waals surface area contributed by atoms with Crippen LogP contribution in [0.5, 0.6) is 11.5 Å². The number of nitrogens with zero attached hydrogens (tertiary/aromatic N) is 2. The van der Waals surface area contributed by atoms with E-state index in [1.54, 1.807) is 12.1 Å². The molecule has 0 unspecified atom stereocenters. The van der Waals surface area contributed by atoms with Crippen LogP contribution in [0.3, 0.4) is 0 Å². The van der Waals surface area contributed by atoms with Crippen LogP contribution in [0.15, 0.2) is 72.8 Å². The average molecular weight is 509 g/mol. The summed E-state index contributed by atoms with van der Waals surface area (Å²) in [5, 5.41) is 1.33. The molecule has 182 valence electrons. The first-order valence-electron chi connectivity index (χ1n) is 12.3. The van der Waals surface area contributed by atoms with Gasteiger partial charge in [-0.25, -0.2) is 0 Å². The minimum atomic E-state index is 0.116. The van der Waals surface area contributed by atoms with E-state index in [1.807, 2.05) is 53.4 Å². The number of amides is 1. The molecule has 6 heteroatoms. The van der Waals surface area contributed by atoms with Gasteiger partial charge in [0, 0.05) is 40.8 Å². The number of hydrogen-bond donors (Lipinski definition) is 0. The molecule has 5 rings (SSSR count). The number of benzene rings is 3. The molecule has 4 nitrogen and oxygen atoms in total. The Kier molecular flexibility index (Phi) is 7.33. The van der Waals surface area contributed by atoms with Crippen LogP contribution in [0, 0.1) is 5.41 Å². The third-order valence-corrected chi connectivity index (χ3v) is 8.00. The zero-order valence-electron chi connectivity index (χ0n) is 19.8. The molecular formula is C29H30Cl2N2O2. The SMILES string of the molecule is O=C(c1ccc(Cl)cc1)N1CCC2(CCN(Cc3ccccc3Oc3cccc(Cl)c3)CC2)CC1. The third kappa shape index (κ3) is 5.83. The van der Waals surface area contributed by atoms with Gasteiger partial charge in [0.25, 0.3) is 5.91 Å². The Labute approximate surface area is 217 Å². The number of carbonyl (C=O) groups is 1. The highest BCUT2D eigenvalue weighted by molar-refractivity contribution is 6.31. The standard InChI is InChI=1S/C29H30Cl2N2O2/c30-24-10-8-22(9-11-24)28(34)33-18-14-29(15-19-33)12-16-32(17-13-29)21-23-4-1-2-7-27(23)35-26-6-3-5-25(31)20-26/h1-11,20H,12-19,21H2. The molecule has 3 aromatic carbocycles. The second-order valence-electron chi connectivity index (χ2n) is 9.74. The highest BCUT2D eigenvalue weighted by Crippen LogP contribution is 2.42. The van der Waals surface area contributed by atoms with E-state index < -0.39 is 0 Å². The van der Waals surface area contributed by atoms with Crippen LogP contribution in [0.2, 0.25) is 10.0 Å². The maximum atomic E-state index is 12.9. The fourth-order valence-electron chi connectivity index (χ4n) is 5.28. The molecule has 1 amide bonds. The summed E-state index contributed by atoms with van der Waals surface area (Å²) in [6, 6.07) is 23.0. The van der Waals surface area contributed by atoms with Gasteiger partial charge in [-0.3, -0.25) is 9.69 Å². The number of piperidine rings is 2. The zero-order valence-corrected chi connectivity index (χ0v) is 21.3. The summed E-state index contributed by atoms with van der Waals surface area (Å²) in [6.45, 7) is 4.66. The number of halogens is 2. The van der Waals surface area contributed by atoms with E-state index in [2.05, 4.69) is 17.0 Å². The Bertz CT molecular complexity index is 1160. The minimum absolute atomic E-state index is 0.116. The van der Waals surface area contributed by atoms with E-state index in [0.717, 1.165) is 62.6 Å². The summed E-state index contributed by atoms with van der Waals surface area (Å²) in [7, 11) is 0. The molecule has 2 fully saturated rings. The van der Waals surface area contributed by atoms with E-state index in [-0.39, 0.29) is 5.91 Å². The van der Waals surface area contributed by atoms with Gasteiger partial charge in [0.2, 0.25) is 0 Å². The predicted molar refractivity (Wildman–Crippen MR) is 142 cm³/mol. The van der Waals surface area contributed by atoms with E-state index in [0.29, 0.717) is 15.5 Å². The Morgan fingerprint density at radius 2 is 1.49 bits per heavy atom. The van der Waals surface area contributed by atoms with E-state index in [4.69, 9.17) is 27.9 Å². The number of hydrogen-bond acceptors (Lipinski definition) is 3. The first kappa shape index (κ1) is 24.2. The Balaban J connectivity index is 1.15. The molecule has 0 aromatic heterocycles. The lowest BCUT2D eigenvalue weighted by molar-refractivity contribution is 0.0284. The number of likely N-dealkylation sites (tertiary alicyclic amines) is 2. The monoisotopic (exact) mass is 508 g/mol. The van der Waals surface area contributed by atoms with Crippen LogP contribution in [-0.4, -0.2) is 41.9 Å². The lowest BCUT2D eigenvalue weighted by Gasteiger charge is -2.47. The summed E-state index contributed by atoms with van der Waals surface area (Å²) < 4.78 is 6.16. The smallest absolute Gasteiger partial charge is 0.253 e. The van der Waals surface area contributed by atoms with Crippen molar-refractivity contribution >= 4 is 29.1 Å². The van der Waals surface area contributed by atoms with Crippen molar-refractivity contribution in [1.29, 1.82) is 0 Å². The van der Waals surface area contributed by atoms with E-state index >= 15 is 0 Å². The van der Waals surface area contributed by atoms with Crippen LogP contribution < -0.4 is 4.74 Å². The molecule has 0 atom stereocenters. The third-order valence-electron chi connectivity index (χ3n) is 7.51. The zero-order chi connectivity index (χ0) is 24.3. The van der Waals surface area contributed by atoms with Crippen molar-refractivity contribution in [2.75, 3.05) is 26.2 Å². The first-order chi connectivity index (χ1) is 17.0. The van der Waals surface area contributed by atoms with Crippen LogP contribution in [-0.2, 0) is 6.54 Å². The average Bonchev–Trinajstić information content (AvgIpc) is 2.87. The molecule has 0 aliphatic carbocycles. The van der Waals surface area contributed by atoms with Gasteiger partial charge in [0.15, 0.2) is 0 Å². The molecule has 2 heterocycles. The molecular weight excluding hydrogens is 479 g/mol. The predicted octanol–water partition coefficient (Wildman–Crippen LogP) is 7.30. The van der Waals surface area contributed by atoms with Crippen LogP contribution in [0.25, 0.3) is 0 Å². The quantitative estimate of drug-likeness (QED) is 0.362. The van der Waals surface area contributed by atoms with E-state index in [1.165, 1.54) is 18.4 Å². The molecule has 0 bridgehead atoms. The second kappa shape index (κ2) is 10.6. The molecule has 2 aliphatic heterocycles. The normalized spacial score (nSPS) is 17.9. The fourth-order valence-corrected chi connectivity index (χ4v) is 5.58. The molecule has 0 N–H and O–H groups in total. The van der Waals surface area contributed by atoms with Gasteiger partial charge in [-0.1, -0.05) is 47.5 Å². The maximum Gasteiger partial charge on any atom is 0.253 e. The maximum absolute atomic E-state index is 12.9. The number of ether oxygens (including phenoxy) is 1. The summed E-state index contributed by atoms with van der Waals surface area (Å²) in [5.41, 5.74) is 2.26. The summed E-state index contributed by atoms with van der Waals surface area (Å²) in [4.78, 5) is 17.4.